The first-order chi connectivity index (χ1) is 9.70. The Hall–Kier alpha value is -2.29. The van der Waals surface area contributed by atoms with Crippen LogP contribution < -0.4 is 0 Å². The molecule has 0 bridgehead atoms. The maximum atomic E-state index is 13.7. The predicted octanol–water partition coefficient (Wildman–Crippen LogP) is 1.93. The average molecular weight is 317 g/mol. The van der Waals surface area contributed by atoms with E-state index < -0.39 is 43.7 Å². The largest absolute Gasteiger partial charge is 0.478 e. The zero-order valence-corrected chi connectivity index (χ0v) is 11.4. The van der Waals surface area contributed by atoms with Gasteiger partial charge in [-0.1, -0.05) is 5.16 Å². The van der Waals surface area contributed by atoms with Gasteiger partial charge in [0.05, 0.1) is 11.3 Å². The van der Waals surface area contributed by atoms with Gasteiger partial charge in [0.25, 0.3) is 0 Å². The Labute approximate surface area is 117 Å². The Morgan fingerprint density at radius 2 is 2.00 bits per heavy atom. The van der Waals surface area contributed by atoms with E-state index in [-0.39, 0.29) is 5.69 Å². The van der Waals surface area contributed by atoms with Crippen molar-refractivity contribution in [1.82, 2.24) is 5.16 Å². The summed E-state index contributed by atoms with van der Waals surface area (Å²) in [4.78, 5) is 9.77. The molecule has 1 N–H and O–H groups in total. The van der Waals surface area contributed by atoms with Crippen LogP contribution in [0.1, 0.15) is 21.8 Å². The fourth-order valence-corrected chi connectivity index (χ4v) is 3.03. The van der Waals surface area contributed by atoms with Gasteiger partial charge >= 0.3 is 5.97 Å². The number of sulfone groups is 1. The van der Waals surface area contributed by atoms with E-state index in [9.17, 15) is 22.0 Å². The van der Waals surface area contributed by atoms with Crippen molar-refractivity contribution in [3.8, 4) is 0 Å². The summed E-state index contributed by atoms with van der Waals surface area (Å²) in [5.74, 6) is -5.12. The first-order valence-corrected chi connectivity index (χ1v) is 7.23. The van der Waals surface area contributed by atoms with Crippen LogP contribution in [0.3, 0.4) is 0 Å². The summed E-state index contributed by atoms with van der Waals surface area (Å²) in [5.41, 5.74) is -0.656. The summed E-state index contributed by atoms with van der Waals surface area (Å²) in [6, 6.07) is 2.31. The zero-order chi connectivity index (χ0) is 15.8. The number of benzene rings is 1. The molecule has 2 rings (SSSR count). The summed E-state index contributed by atoms with van der Waals surface area (Å²) in [7, 11) is -4.31. The number of nitrogens with zero attached hydrogens (tertiary/aromatic N) is 1. The molecular weight excluding hydrogens is 308 g/mol. The van der Waals surface area contributed by atoms with Gasteiger partial charge in [-0.05, 0) is 19.1 Å². The number of hydrogen-bond donors (Lipinski definition) is 1. The van der Waals surface area contributed by atoms with E-state index in [0.29, 0.717) is 17.9 Å². The summed E-state index contributed by atoms with van der Waals surface area (Å²) in [6.07, 6.45) is 0. The van der Waals surface area contributed by atoms with Gasteiger partial charge in [0.1, 0.15) is 16.4 Å². The molecule has 0 aliphatic heterocycles. The van der Waals surface area contributed by atoms with Crippen molar-refractivity contribution in [3.05, 3.63) is 46.9 Å². The minimum absolute atomic E-state index is 0.00744. The highest BCUT2D eigenvalue weighted by Gasteiger charge is 2.26. The number of rotatable bonds is 4. The van der Waals surface area contributed by atoms with Crippen LogP contribution in [0.5, 0.6) is 0 Å². The van der Waals surface area contributed by atoms with Crippen LogP contribution in [0, 0.1) is 18.6 Å². The molecule has 21 heavy (non-hydrogen) atoms. The molecule has 2 aromatic rings. The third-order valence-electron chi connectivity index (χ3n) is 2.59. The van der Waals surface area contributed by atoms with E-state index in [1.807, 2.05) is 0 Å². The Kier molecular flexibility index (Phi) is 3.77. The zero-order valence-electron chi connectivity index (χ0n) is 10.6. The van der Waals surface area contributed by atoms with E-state index in [4.69, 9.17) is 5.11 Å². The lowest BCUT2D eigenvalue weighted by Gasteiger charge is -2.06. The van der Waals surface area contributed by atoms with Crippen LogP contribution in [0.2, 0.25) is 0 Å². The second-order valence-corrected chi connectivity index (χ2v) is 6.22. The molecule has 0 fully saturated rings. The van der Waals surface area contributed by atoms with Crippen LogP contribution >= 0.6 is 0 Å². The Balaban J connectivity index is 2.51. The van der Waals surface area contributed by atoms with Gasteiger partial charge < -0.3 is 9.63 Å². The highest BCUT2D eigenvalue weighted by molar-refractivity contribution is 7.90. The van der Waals surface area contributed by atoms with Crippen molar-refractivity contribution >= 4 is 15.8 Å². The molecule has 1 heterocycles. The maximum absolute atomic E-state index is 13.7. The van der Waals surface area contributed by atoms with Crippen LogP contribution in [0.4, 0.5) is 8.78 Å². The third kappa shape index (κ3) is 3.07. The number of aryl methyl sites for hydroxylation is 1. The van der Waals surface area contributed by atoms with Crippen LogP contribution in [-0.4, -0.2) is 24.7 Å². The molecule has 0 amide bonds. The van der Waals surface area contributed by atoms with Crippen molar-refractivity contribution in [1.29, 1.82) is 0 Å². The second-order valence-electron chi connectivity index (χ2n) is 4.26. The molecule has 1 aromatic heterocycles. The van der Waals surface area contributed by atoms with Crippen LogP contribution in [0.15, 0.2) is 27.6 Å². The fraction of sp³-hybridized carbons (Fsp3) is 0.167. The summed E-state index contributed by atoms with van der Waals surface area (Å²) < 4.78 is 55.8. The average Bonchev–Trinajstić information content (AvgIpc) is 2.76. The number of hydrogen-bond acceptors (Lipinski definition) is 5. The SMILES string of the molecule is Cc1cc(CS(=O)(=O)c2cc(C(=O)O)cc(F)c2F)no1. The van der Waals surface area contributed by atoms with Crippen molar-refractivity contribution < 1.29 is 31.6 Å². The highest BCUT2D eigenvalue weighted by Crippen LogP contribution is 2.23. The number of aromatic carboxylic acids is 1. The van der Waals surface area contributed by atoms with Crippen molar-refractivity contribution in [2.24, 2.45) is 0 Å². The van der Waals surface area contributed by atoms with Gasteiger partial charge in [0.2, 0.25) is 0 Å². The van der Waals surface area contributed by atoms with Gasteiger partial charge in [0, 0.05) is 6.07 Å². The van der Waals surface area contributed by atoms with E-state index in [1.165, 1.54) is 13.0 Å². The van der Waals surface area contributed by atoms with Gasteiger partial charge in [-0.25, -0.2) is 22.0 Å². The second kappa shape index (κ2) is 5.24. The predicted molar refractivity (Wildman–Crippen MR) is 65.4 cm³/mol. The lowest BCUT2D eigenvalue weighted by molar-refractivity contribution is 0.0696. The first-order valence-electron chi connectivity index (χ1n) is 5.58. The van der Waals surface area contributed by atoms with E-state index >= 15 is 0 Å². The number of halogens is 2. The van der Waals surface area contributed by atoms with Crippen molar-refractivity contribution in [3.63, 3.8) is 0 Å². The summed E-state index contributed by atoms with van der Waals surface area (Å²) >= 11 is 0. The maximum Gasteiger partial charge on any atom is 0.335 e. The molecule has 0 aliphatic rings. The first kappa shape index (κ1) is 15.1. The lowest BCUT2D eigenvalue weighted by Crippen LogP contribution is -2.11. The van der Waals surface area contributed by atoms with Crippen molar-refractivity contribution in [2.75, 3.05) is 0 Å². The van der Waals surface area contributed by atoms with E-state index in [2.05, 4.69) is 9.68 Å². The molecule has 0 spiro atoms. The lowest BCUT2D eigenvalue weighted by atomic mass is 10.2. The Bertz CT molecular complexity index is 813. The van der Waals surface area contributed by atoms with Crippen LogP contribution in [-0.2, 0) is 15.6 Å². The summed E-state index contributed by atoms with van der Waals surface area (Å²) in [6.45, 7) is 1.54. The minimum atomic E-state index is -4.31. The molecular formula is C12H9F2NO5S. The normalized spacial score (nSPS) is 11.6. The van der Waals surface area contributed by atoms with Gasteiger partial charge in [-0.2, -0.15) is 0 Å². The van der Waals surface area contributed by atoms with Gasteiger partial charge in [-0.15, -0.1) is 0 Å². The Morgan fingerprint density at radius 3 is 2.52 bits per heavy atom. The van der Waals surface area contributed by atoms with Crippen LogP contribution in [0.25, 0.3) is 0 Å². The molecule has 1 aromatic carbocycles. The number of aromatic nitrogens is 1. The van der Waals surface area contributed by atoms with E-state index in [0.717, 1.165) is 0 Å². The third-order valence-corrected chi connectivity index (χ3v) is 4.23. The molecule has 0 saturated carbocycles. The molecule has 0 saturated heterocycles. The summed E-state index contributed by atoms with van der Waals surface area (Å²) in [5, 5.41) is 12.2. The molecule has 9 heteroatoms. The number of carbonyl (C=O) groups is 1. The molecule has 0 aliphatic carbocycles. The highest BCUT2D eigenvalue weighted by atomic mass is 32.2. The molecule has 0 radical (unpaired) electrons. The van der Waals surface area contributed by atoms with E-state index in [1.54, 1.807) is 0 Å². The topological polar surface area (TPSA) is 97.5 Å². The Morgan fingerprint density at radius 1 is 1.33 bits per heavy atom. The molecule has 112 valence electrons. The van der Waals surface area contributed by atoms with Crippen molar-refractivity contribution in [2.45, 2.75) is 17.6 Å². The van der Waals surface area contributed by atoms with Gasteiger partial charge in [-0.3, -0.25) is 0 Å². The quantitative estimate of drug-likeness (QED) is 0.925. The smallest absolute Gasteiger partial charge is 0.335 e. The molecule has 0 unspecified atom stereocenters. The number of carboxylic acids is 1. The monoisotopic (exact) mass is 317 g/mol. The van der Waals surface area contributed by atoms with Gasteiger partial charge in [0.15, 0.2) is 21.5 Å². The fourth-order valence-electron chi connectivity index (χ4n) is 1.67. The molecule has 0 atom stereocenters. The minimum Gasteiger partial charge on any atom is -0.478 e. The number of carboxylic acid groups (broad SMARTS) is 1. The molecule has 6 nitrogen and oxygen atoms in total. The standard InChI is InChI=1S/C12H9F2NO5S/c1-6-2-8(15-20-6)5-21(18,19)10-4-7(12(16)17)3-9(13)11(10)14/h2-4H,5H2,1H3,(H,16,17).